The molecule has 9 heteroatoms. The number of hydrogen-bond acceptors (Lipinski definition) is 7. The minimum Gasteiger partial charge on any atom is -0.379 e. The quantitative estimate of drug-likeness (QED) is 0.484. The number of fused-ring (bicyclic) bond motifs is 1. The third-order valence-electron chi connectivity index (χ3n) is 5.77. The number of ether oxygens (including phenoxy) is 1. The molecular formula is C24H29N3O4S2. The molecule has 0 unspecified atom stereocenters. The van der Waals surface area contributed by atoms with Gasteiger partial charge in [-0.15, -0.1) is 0 Å². The van der Waals surface area contributed by atoms with Crippen molar-refractivity contribution in [1.29, 1.82) is 0 Å². The molecule has 0 aliphatic carbocycles. The lowest BCUT2D eigenvalue weighted by atomic mass is 10.2. The first-order valence-electron chi connectivity index (χ1n) is 11.1. The Morgan fingerprint density at radius 3 is 2.52 bits per heavy atom. The first-order chi connectivity index (χ1) is 15.8. The number of aromatic nitrogens is 1. The zero-order valence-electron chi connectivity index (χ0n) is 19.0. The monoisotopic (exact) mass is 487 g/mol. The third-order valence-corrected chi connectivity index (χ3v) is 8.55. The summed E-state index contributed by atoms with van der Waals surface area (Å²) >= 11 is 1.47. The first kappa shape index (κ1) is 23.8. The maximum absolute atomic E-state index is 13.3. The number of carbonyl (C=O) groups excluding carboxylic acids is 1. The Morgan fingerprint density at radius 1 is 1.09 bits per heavy atom. The van der Waals surface area contributed by atoms with E-state index in [-0.39, 0.29) is 23.0 Å². The molecule has 0 bridgehead atoms. The lowest BCUT2D eigenvalue weighted by Crippen LogP contribution is -2.43. The average molecular weight is 488 g/mol. The number of nitrogens with zero attached hydrogens (tertiary/aromatic N) is 3. The van der Waals surface area contributed by atoms with Gasteiger partial charge in [-0.1, -0.05) is 35.1 Å². The molecule has 1 amide bonds. The molecule has 33 heavy (non-hydrogen) atoms. The summed E-state index contributed by atoms with van der Waals surface area (Å²) in [6.45, 7) is 8.09. The minimum absolute atomic E-state index is 0.0890. The number of thiazole rings is 1. The molecule has 0 atom stereocenters. The van der Waals surface area contributed by atoms with Gasteiger partial charge in [0.15, 0.2) is 15.0 Å². The van der Waals surface area contributed by atoms with E-state index in [0.29, 0.717) is 31.4 Å². The van der Waals surface area contributed by atoms with Crippen molar-refractivity contribution in [2.75, 3.05) is 50.0 Å². The summed E-state index contributed by atoms with van der Waals surface area (Å²) in [5.41, 5.74) is 2.97. The summed E-state index contributed by atoms with van der Waals surface area (Å²) in [6.07, 6.45) is -0.0890. The van der Waals surface area contributed by atoms with Crippen LogP contribution in [0.1, 0.15) is 17.5 Å². The summed E-state index contributed by atoms with van der Waals surface area (Å²) in [7, 11) is -3.54. The standard InChI is InChI=1S/C24H29N3O4S2/c1-18-3-6-20(7-4-18)33(29,30)16-9-23(28)27(11-10-26-12-14-31-15-13-26)24-25-21-8-5-19(2)17-22(21)32-24/h3-8,17H,9-16H2,1-2H3. The molecule has 0 saturated carbocycles. The van der Waals surface area contributed by atoms with Crippen LogP contribution in [0.3, 0.4) is 0 Å². The molecule has 7 nitrogen and oxygen atoms in total. The Kier molecular flexibility index (Phi) is 7.43. The van der Waals surface area contributed by atoms with Crippen LogP contribution in [0.5, 0.6) is 0 Å². The van der Waals surface area contributed by atoms with Crippen LogP contribution in [0.2, 0.25) is 0 Å². The van der Waals surface area contributed by atoms with Crippen molar-refractivity contribution in [2.45, 2.75) is 25.2 Å². The molecule has 1 aliphatic rings. The lowest BCUT2D eigenvalue weighted by molar-refractivity contribution is -0.118. The van der Waals surface area contributed by atoms with Gasteiger partial charge >= 0.3 is 0 Å². The number of hydrogen-bond donors (Lipinski definition) is 0. The fourth-order valence-electron chi connectivity index (χ4n) is 3.75. The van der Waals surface area contributed by atoms with Crippen molar-refractivity contribution in [3.05, 3.63) is 53.6 Å². The largest absolute Gasteiger partial charge is 0.379 e. The van der Waals surface area contributed by atoms with E-state index in [2.05, 4.69) is 16.0 Å². The second kappa shape index (κ2) is 10.3. The fourth-order valence-corrected chi connectivity index (χ4v) is 6.09. The van der Waals surface area contributed by atoms with E-state index < -0.39 is 9.84 Å². The molecule has 1 saturated heterocycles. The van der Waals surface area contributed by atoms with Crippen LogP contribution in [0.15, 0.2) is 47.4 Å². The van der Waals surface area contributed by atoms with Crippen molar-refractivity contribution in [1.82, 2.24) is 9.88 Å². The lowest BCUT2D eigenvalue weighted by Gasteiger charge is -2.29. The van der Waals surface area contributed by atoms with Crippen molar-refractivity contribution < 1.29 is 17.9 Å². The van der Waals surface area contributed by atoms with Gasteiger partial charge < -0.3 is 4.74 Å². The summed E-state index contributed by atoms with van der Waals surface area (Å²) in [6, 6.07) is 12.8. The van der Waals surface area contributed by atoms with Crippen molar-refractivity contribution in [3.63, 3.8) is 0 Å². The number of morpholine rings is 1. The smallest absolute Gasteiger partial charge is 0.229 e. The molecule has 2 heterocycles. The first-order valence-corrected chi connectivity index (χ1v) is 13.6. The maximum atomic E-state index is 13.3. The molecule has 1 aliphatic heterocycles. The summed E-state index contributed by atoms with van der Waals surface area (Å²) in [4.78, 5) is 22.1. The van der Waals surface area contributed by atoms with E-state index in [1.807, 2.05) is 26.0 Å². The van der Waals surface area contributed by atoms with Gasteiger partial charge in [0.2, 0.25) is 5.91 Å². The zero-order chi connectivity index (χ0) is 23.4. The van der Waals surface area contributed by atoms with Gasteiger partial charge in [0, 0.05) is 32.6 Å². The highest BCUT2D eigenvalue weighted by molar-refractivity contribution is 7.91. The highest BCUT2D eigenvalue weighted by Crippen LogP contribution is 2.30. The van der Waals surface area contributed by atoms with Gasteiger partial charge in [-0.2, -0.15) is 0 Å². The van der Waals surface area contributed by atoms with E-state index in [1.54, 1.807) is 29.2 Å². The predicted octanol–water partition coefficient (Wildman–Crippen LogP) is 3.44. The van der Waals surface area contributed by atoms with E-state index in [0.717, 1.165) is 34.4 Å². The van der Waals surface area contributed by atoms with Gasteiger partial charge in [-0.25, -0.2) is 13.4 Å². The molecule has 1 fully saturated rings. The SMILES string of the molecule is Cc1ccc(S(=O)(=O)CCC(=O)N(CCN2CCOCC2)c2nc3ccc(C)cc3s2)cc1. The molecule has 4 rings (SSSR count). The van der Waals surface area contributed by atoms with Crippen LogP contribution in [0.4, 0.5) is 5.13 Å². The zero-order valence-corrected chi connectivity index (χ0v) is 20.6. The maximum Gasteiger partial charge on any atom is 0.229 e. The molecule has 3 aromatic rings. The van der Waals surface area contributed by atoms with E-state index in [9.17, 15) is 13.2 Å². The van der Waals surface area contributed by atoms with Crippen molar-refractivity contribution >= 4 is 42.4 Å². The number of benzene rings is 2. The van der Waals surface area contributed by atoms with Crippen LogP contribution in [-0.2, 0) is 19.4 Å². The summed E-state index contributed by atoms with van der Waals surface area (Å²) in [5, 5.41) is 0.613. The molecule has 176 valence electrons. The van der Waals surface area contributed by atoms with Crippen LogP contribution in [0.25, 0.3) is 10.2 Å². The topological polar surface area (TPSA) is 79.8 Å². The molecule has 0 radical (unpaired) electrons. The predicted molar refractivity (Wildman–Crippen MR) is 132 cm³/mol. The van der Waals surface area contributed by atoms with Gasteiger partial charge in [0.1, 0.15) is 0 Å². The van der Waals surface area contributed by atoms with Crippen LogP contribution in [-0.4, -0.2) is 69.4 Å². The van der Waals surface area contributed by atoms with Gasteiger partial charge in [-0.3, -0.25) is 14.6 Å². The van der Waals surface area contributed by atoms with Gasteiger partial charge in [0.25, 0.3) is 0 Å². The Balaban J connectivity index is 1.52. The van der Waals surface area contributed by atoms with Crippen molar-refractivity contribution in [3.8, 4) is 0 Å². The fraction of sp³-hybridized carbons (Fsp3) is 0.417. The number of carbonyl (C=O) groups is 1. The van der Waals surface area contributed by atoms with Crippen LogP contribution in [0, 0.1) is 13.8 Å². The second-order valence-corrected chi connectivity index (χ2v) is 11.5. The van der Waals surface area contributed by atoms with Gasteiger partial charge in [-0.05, 0) is 43.7 Å². The molecular weight excluding hydrogens is 458 g/mol. The van der Waals surface area contributed by atoms with E-state index >= 15 is 0 Å². The molecule has 0 N–H and O–H groups in total. The Labute approximate surface area is 198 Å². The number of rotatable bonds is 8. The minimum atomic E-state index is -3.54. The number of sulfone groups is 1. The highest BCUT2D eigenvalue weighted by Gasteiger charge is 2.24. The number of anilines is 1. The van der Waals surface area contributed by atoms with Crippen LogP contribution < -0.4 is 4.90 Å². The summed E-state index contributed by atoms with van der Waals surface area (Å²) < 4.78 is 32.0. The average Bonchev–Trinajstić information content (AvgIpc) is 3.21. The van der Waals surface area contributed by atoms with E-state index in [1.165, 1.54) is 11.3 Å². The molecule has 2 aromatic carbocycles. The number of amides is 1. The third kappa shape index (κ3) is 5.97. The second-order valence-electron chi connectivity index (χ2n) is 8.35. The van der Waals surface area contributed by atoms with Gasteiger partial charge in [0.05, 0.1) is 34.1 Å². The van der Waals surface area contributed by atoms with Crippen LogP contribution >= 0.6 is 11.3 Å². The normalized spacial score (nSPS) is 15.1. The number of aryl methyl sites for hydroxylation is 2. The van der Waals surface area contributed by atoms with E-state index in [4.69, 9.17) is 4.74 Å². The van der Waals surface area contributed by atoms with Crippen molar-refractivity contribution in [2.24, 2.45) is 0 Å². The summed E-state index contributed by atoms with van der Waals surface area (Å²) in [5.74, 6) is -0.456. The highest BCUT2D eigenvalue weighted by atomic mass is 32.2. The Bertz CT molecular complexity index is 1220. The Morgan fingerprint density at radius 2 is 1.79 bits per heavy atom. The molecule has 1 aromatic heterocycles. The molecule has 0 spiro atoms. The Hall–Kier alpha value is -2.33.